The van der Waals surface area contributed by atoms with Crippen molar-refractivity contribution in [3.05, 3.63) is 0 Å². The number of ether oxygens (including phenoxy) is 1. The van der Waals surface area contributed by atoms with Crippen LogP contribution in [0, 0.1) is 11.5 Å². The average molecular weight is 224 g/mol. The molecule has 1 unspecified atom stereocenters. The zero-order valence-corrected chi connectivity index (χ0v) is 11.1. The van der Waals surface area contributed by atoms with Gasteiger partial charge in [0.15, 0.2) is 0 Å². The molecule has 84 valence electrons. The second-order valence-electron chi connectivity index (χ2n) is 5.51. The summed E-state index contributed by atoms with van der Waals surface area (Å²) >= 11 is 0. The molecule has 1 saturated heterocycles. The molecule has 1 atom stereocenters. The van der Waals surface area contributed by atoms with Gasteiger partial charge in [0.2, 0.25) is 0 Å². The molecule has 2 nitrogen and oxygen atoms in total. The molecule has 0 saturated carbocycles. The van der Waals surface area contributed by atoms with Gasteiger partial charge in [-0.25, -0.2) is 0 Å². The highest BCUT2D eigenvalue weighted by atomic mass is 28.3. The van der Waals surface area contributed by atoms with E-state index in [4.69, 9.17) is 4.74 Å². The van der Waals surface area contributed by atoms with Gasteiger partial charge in [0.25, 0.3) is 0 Å². The summed E-state index contributed by atoms with van der Waals surface area (Å²) in [5.74, 6) is 3.12. The Morgan fingerprint density at radius 1 is 1.47 bits per heavy atom. The Labute approximate surface area is 93.4 Å². The summed E-state index contributed by atoms with van der Waals surface area (Å²) in [6.07, 6.45) is 3.13. The third kappa shape index (κ3) is 4.52. The molecule has 0 aliphatic carbocycles. The fourth-order valence-corrected chi connectivity index (χ4v) is 2.22. The molecule has 0 aromatic carbocycles. The van der Waals surface area contributed by atoms with E-state index in [-0.39, 0.29) is 11.6 Å². The van der Waals surface area contributed by atoms with Crippen LogP contribution in [-0.2, 0) is 9.53 Å². The van der Waals surface area contributed by atoms with Crippen LogP contribution in [0.1, 0.15) is 32.6 Å². The minimum Gasteiger partial charge on any atom is -0.458 e. The topological polar surface area (TPSA) is 26.3 Å². The lowest BCUT2D eigenvalue weighted by Crippen LogP contribution is -2.35. The summed E-state index contributed by atoms with van der Waals surface area (Å²) < 4.78 is 5.36. The molecule has 0 aromatic rings. The molecule has 0 N–H and O–H groups in total. The van der Waals surface area contributed by atoms with Gasteiger partial charge >= 0.3 is 5.97 Å². The minimum absolute atomic E-state index is 0.0708. The predicted molar refractivity (Wildman–Crippen MR) is 64.1 cm³/mol. The van der Waals surface area contributed by atoms with Crippen LogP contribution in [0.2, 0.25) is 19.6 Å². The standard InChI is InChI=1S/C12H20O2Si/c1-12(8-5-7-11(13)14-12)9-6-10-15(2,3)4/h5,7-9H2,1-4H3. The SMILES string of the molecule is CC1(CC#C[Si](C)(C)C)CCCC(=O)O1. The first-order chi connectivity index (χ1) is 6.81. The van der Waals surface area contributed by atoms with Gasteiger partial charge in [0, 0.05) is 12.8 Å². The van der Waals surface area contributed by atoms with Crippen LogP contribution >= 0.6 is 0 Å². The second kappa shape index (κ2) is 4.40. The molecule has 15 heavy (non-hydrogen) atoms. The van der Waals surface area contributed by atoms with Crippen LogP contribution in [0.25, 0.3) is 0 Å². The van der Waals surface area contributed by atoms with Crippen LogP contribution in [0.15, 0.2) is 0 Å². The molecular formula is C12H20O2Si. The summed E-state index contributed by atoms with van der Waals surface area (Å²) in [7, 11) is -1.29. The van der Waals surface area contributed by atoms with Gasteiger partial charge in [0.05, 0.1) is 0 Å². The van der Waals surface area contributed by atoms with Gasteiger partial charge in [-0.05, 0) is 19.8 Å². The number of carbonyl (C=O) groups is 1. The Morgan fingerprint density at radius 2 is 2.13 bits per heavy atom. The lowest BCUT2D eigenvalue weighted by Gasteiger charge is -2.31. The van der Waals surface area contributed by atoms with Crippen LogP contribution in [-0.4, -0.2) is 19.6 Å². The highest BCUT2D eigenvalue weighted by Gasteiger charge is 2.31. The van der Waals surface area contributed by atoms with Gasteiger partial charge in [-0.2, -0.15) is 0 Å². The maximum absolute atomic E-state index is 11.2. The number of hydrogen-bond donors (Lipinski definition) is 0. The molecule has 0 aromatic heterocycles. The van der Waals surface area contributed by atoms with Crippen LogP contribution < -0.4 is 0 Å². The summed E-state index contributed by atoms with van der Waals surface area (Å²) in [6.45, 7) is 8.64. The summed E-state index contributed by atoms with van der Waals surface area (Å²) in [5.41, 5.74) is 2.98. The second-order valence-corrected chi connectivity index (χ2v) is 10.3. The zero-order chi connectivity index (χ0) is 11.5. The van der Waals surface area contributed by atoms with E-state index in [1.54, 1.807) is 0 Å². The van der Waals surface area contributed by atoms with Crippen molar-refractivity contribution >= 4 is 14.0 Å². The van der Waals surface area contributed by atoms with Gasteiger partial charge in [0.1, 0.15) is 13.7 Å². The first kappa shape index (κ1) is 12.3. The lowest BCUT2D eigenvalue weighted by molar-refractivity contribution is -0.164. The largest absolute Gasteiger partial charge is 0.458 e. The van der Waals surface area contributed by atoms with Gasteiger partial charge in [-0.1, -0.05) is 19.6 Å². The molecule has 0 spiro atoms. The lowest BCUT2D eigenvalue weighted by atomic mass is 9.93. The van der Waals surface area contributed by atoms with E-state index in [0.29, 0.717) is 12.8 Å². The molecule has 0 radical (unpaired) electrons. The molecule has 0 amide bonds. The summed E-state index contributed by atoms with van der Waals surface area (Å²) in [4.78, 5) is 11.2. The third-order valence-corrected chi connectivity index (χ3v) is 3.30. The Hall–Kier alpha value is -0.753. The Kier molecular flexibility index (Phi) is 3.61. The van der Waals surface area contributed by atoms with Gasteiger partial charge < -0.3 is 4.74 Å². The quantitative estimate of drug-likeness (QED) is 0.389. The Balaban J connectivity index is 2.55. The number of hydrogen-bond acceptors (Lipinski definition) is 2. The van der Waals surface area contributed by atoms with E-state index in [1.807, 2.05) is 6.92 Å². The highest BCUT2D eigenvalue weighted by Crippen LogP contribution is 2.27. The van der Waals surface area contributed by atoms with Crippen molar-refractivity contribution in [3.63, 3.8) is 0 Å². The van der Waals surface area contributed by atoms with Crippen molar-refractivity contribution in [1.29, 1.82) is 0 Å². The number of esters is 1. The molecule has 1 rings (SSSR count). The van der Waals surface area contributed by atoms with Crippen molar-refractivity contribution in [1.82, 2.24) is 0 Å². The van der Waals surface area contributed by atoms with Crippen LogP contribution in [0.3, 0.4) is 0 Å². The van der Waals surface area contributed by atoms with Crippen LogP contribution in [0.4, 0.5) is 0 Å². The zero-order valence-electron chi connectivity index (χ0n) is 10.1. The fraction of sp³-hybridized carbons (Fsp3) is 0.750. The van der Waals surface area contributed by atoms with E-state index in [2.05, 4.69) is 31.1 Å². The maximum Gasteiger partial charge on any atom is 0.306 e. The normalized spacial score (nSPS) is 26.5. The molecule has 1 heterocycles. The van der Waals surface area contributed by atoms with Crippen molar-refractivity contribution in [2.75, 3.05) is 0 Å². The van der Waals surface area contributed by atoms with E-state index >= 15 is 0 Å². The number of rotatable bonds is 1. The van der Waals surface area contributed by atoms with Crippen molar-refractivity contribution in [2.24, 2.45) is 0 Å². The summed E-state index contributed by atoms with van der Waals surface area (Å²) in [6, 6.07) is 0. The van der Waals surface area contributed by atoms with Crippen molar-refractivity contribution in [3.8, 4) is 11.5 Å². The molecule has 1 aliphatic rings. The molecule has 0 bridgehead atoms. The Bertz CT molecular complexity index is 306. The third-order valence-electron chi connectivity index (χ3n) is 2.37. The molecular weight excluding hydrogens is 204 g/mol. The van der Waals surface area contributed by atoms with Gasteiger partial charge in [-0.15, -0.1) is 11.5 Å². The first-order valence-electron chi connectivity index (χ1n) is 5.53. The average Bonchev–Trinajstić information content (AvgIpc) is 1.99. The van der Waals surface area contributed by atoms with E-state index in [0.717, 1.165) is 12.8 Å². The summed E-state index contributed by atoms with van der Waals surface area (Å²) in [5, 5.41) is 0. The number of cyclic esters (lactones) is 1. The first-order valence-corrected chi connectivity index (χ1v) is 9.03. The number of carbonyl (C=O) groups excluding carboxylic acids is 1. The highest BCUT2D eigenvalue weighted by molar-refractivity contribution is 6.83. The van der Waals surface area contributed by atoms with Gasteiger partial charge in [-0.3, -0.25) is 4.79 Å². The van der Waals surface area contributed by atoms with Crippen LogP contribution in [0.5, 0.6) is 0 Å². The van der Waals surface area contributed by atoms with E-state index in [9.17, 15) is 4.79 Å². The van der Waals surface area contributed by atoms with E-state index < -0.39 is 8.07 Å². The molecule has 3 heteroatoms. The maximum atomic E-state index is 11.2. The monoisotopic (exact) mass is 224 g/mol. The van der Waals surface area contributed by atoms with E-state index in [1.165, 1.54) is 0 Å². The minimum atomic E-state index is -1.29. The smallest absolute Gasteiger partial charge is 0.306 e. The fourth-order valence-electron chi connectivity index (χ4n) is 1.60. The molecule has 1 aliphatic heterocycles. The predicted octanol–water partition coefficient (Wildman–Crippen LogP) is 2.74. The Morgan fingerprint density at radius 3 is 2.67 bits per heavy atom. The molecule has 1 fully saturated rings. The van der Waals surface area contributed by atoms with Crippen molar-refractivity contribution in [2.45, 2.75) is 57.8 Å². The van der Waals surface area contributed by atoms with Crippen molar-refractivity contribution < 1.29 is 9.53 Å².